The van der Waals surface area contributed by atoms with Crippen molar-refractivity contribution in [2.24, 2.45) is 0 Å². The summed E-state index contributed by atoms with van der Waals surface area (Å²) in [5.41, 5.74) is 1.58. The van der Waals surface area contributed by atoms with E-state index < -0.39 is 10.2 Å². The van der Waals surface area contributed by atoms with Gasteiger partial charge in [0.05, 0.1) is 5.69 Å². The van der Waals surface area contributed by atoms with E-state index in [1.165, 1.54) is 7.05 Å². The minimum absolute atomic E-state index is 0.518. The molecule has 0 aliphatic rings. The normalized spacial score (nSPS) is 11.4. The molecular formula is C8H11BrN2O2S. The minimum Gasteiger partial charge on any atom is -0.270 e. The van der Waals surface area contributed by atoms with Gasteiger partial charge in [0.15, 0.2) is 0 Å². The Morgan fingerprint density at radius 2 is 2.00 bits per heavy atom. The smallest absolute Gasteiger partial charge is 0.270 e. The number of halogens is 1. The highest BCUT2D eigenvalue weighted by Crippen LogP contribution is 2.23. The highest BCUT2D eigenvalue weighted by molar-refractivity contribution is 9.10. The third kappa shape index (κ3) is 2.97. The third-order valence-electron chi connectivity index (χ3n) is 1.64. The fraction of sp³-hybridized carbons (Fsp3) is 0.250. The van der Waals surface area contributed by atoms with E-state index in [2.05, 4.69) is 25.4 Å². The molecule has 1 aromatic rings. The molecule has 0 saturated carbocycles. The van der Waals surface area contributed by atoms with E-state index in [1.54, 1.807) is 6.07 Å². The summed E-state index contributed by atoms with van der Waals surface area (Å²) in [5.74, 6) is 0. The second-order valence-electron chi connectivity index (χ2n) is 2.79. The second-order valence-corrected chi connectivity index (χ2v) is 5.27. The molecule has 0 saturated heterocycles. The van der Waals surface area contributed by atoms with Crippen molar-refractivity contribution in [2.45, 2.75) is 6.92 Å². The van der Waals surface area contributed by atoms with E-state index >= 15 is 0 Å². The molecule has 0 bridgehead atoms. The molecule has 0 aromatic heterocycles. The van der Waals surface area contributed by atoms with E-state index in [1.807, 2.05) is 19.1 Å². The van der Waals surface area contributed by atoms with Gasteiger partial charge < -0.3 is 0 Å². The molecule has 0 unspecified atom stereocenters. The minimum atomic E-state index is -3.44. The van der Waals surface area contributed by atoms with Crippen LogP contribution in [-0.4, -0.2) is 15.5 Å². The lowest BCUT2D eigenvalue weighted by Gasteiger charge is -2.08. The first-order valence-corrected chi connectivity index (χ1v) is 6.19. The number of hydrogen-bond acceptors (Lipinski definition) is 2. The van der Waals surface area contributed by atoms with Crippen LogP contribution in [0.2, 0.25) is 0 Å². The van der Waals surface area contributed by atoms with Gasteiger partial charge in [-0.1, -0.05) is 6.07 Å². The van der Waals surface area contributed by atoms with Crippen LogP contribution in [0.1, 0.15) is 5.56 Å². The summed E-state index contributed by atoms with van der Waals surface area (Å²) in [6.07, 6.45) is 0. The van der Waals surface area contributed by atoms with Crippen molar-refractivity contribution in [1.82, 2.24) is 4.72 Å². The molecular weight excluding hydrogens is 268 g/mol. The topological polar surface area (TPSA) is 58.2 Å². The Morgan fingerprint density at radius 1 is 1.36 bits per heavy atom. The van der Waals surface area contributed by atoms with Gasteiger partial charge in [-0.25, -0.2) is 4.72 Å². The maximum absolute atomic E-state index is 11.2. The Kier molecular flexibility index (Phi) is 3.52. The van der Waals surface area contributed by atoms with E-state index in [9.17, 15) is 8.42 Å². The molecule has 0 heterocycles. The summed E-state index contributed by atoms with van der Waals surface area (Å²) in [5, 5.41) is 0. The molecule has 0 spiro atoms. The summed E-state index contributed by atoms with van der Waals surface area (Å²) in [6, 6.07) is 5.38. The molecule has 14 heavy (non-hydrogen) atoms. The van der Waals surface area contributed by atoms with Crippen molar-refractivity contribution in [3.05, 3.63) is 28.2 Å². The van der Waals surface area contributed by atoms with Crippen LogP contribution in [0.15, 0.2) is 22.7 Å². The third-order valence-corrected chi connectivity index (χ3v) is 3.32. The van der Waals surface area contributed by atoms with Crippen LogP contribution in [0.5, 0.6) is 0 Å². The van der Waals surface area contributed by atoms with Crippen molar-refractivity contribution in [2.75, 3.05) is 11.8 Å². The molecule has 1 aromatic carbocycles. The molecule has 0 aliphatic carbocycles. The van der Waals surface area contributed by atoms with Crippen LogP contribution in [0.3, 0.4) is 0 Å². The quantitative estimate of drug-likeness (QED) is 0.883. The molecule has 6 heteroatoms. The van der Waals surface area contributed by atoms with Gasteiger partial charge in [-0.05, 0) is 40.5 Å². The molecule has 0 fully saturated rings. The molecule has 0 amide bonds. The number of aryl methyl sites for hydroxylation is 1. The Labute approximate surface area is 92.0 Å². The molecule has 0 radical (unpaired) electrons. The second kappa shape index (κ2) is 4.29. The predicted molar refractivity (Wildman–Crippen MR) is 60.5 cm³/mol. The van der Waals surface area contributed by atoms with Crippen LogP contribution >= 0.6 is 15.9 Å². The van der Waals surface area contributed by atoms with E-state index in [4.69, 9.17) is 0 Å². The lowest BCUT2D eigenvalue weighted by molar-refractivity contribution is 0.593. The van der Waals surface area contributed by atoms with Gasteiger partial charge in [-0.2, -0.15) is 8.42 Å². The number of anilines is 1. The first-order chi connectivity index (χ1) is 6.44. The Hall–Kier alpha value is -0.590. The molecule has 0 aliphatic heterocycles. The van der Waals surface area contributed by atoms with Crippen molar-refractivity contribution in [1.29, 1.82) is 0 Å². The Bertz CT molecular complexity index is 431. The van der Waals surface area contributed by atoms with Crippen LogP contribution in [0.25, 0.3) is 0 Å². The summed E-state index contributed by atoms with van der Waals surface area (Å²) in [6.45, 7) is 1.93. The van der Waals surface area contributed by atoms with Gasteiger partial charge in [0.25, 0.3) is 10.2 Å². The zero-order valence-corrected chi connectivity index (χ0v) is 10.2. The van der Waals surface area contributed by atoms with E-state index in [0.29, 0.717) is 5.69 Å². The van der Waals surface area contributed by atoms with Crippen molar-refractivity contribution < 1.29 is 8.42 Å². The summed E-state index contributed by atoms with van der Waals surface area (Å²) < 4.78 is 27.6. The fourth-order valence-electron chi connectivity index (χ4n) is 0.899. The van der Waals surface area contributed by atoms with Crippen LogP contribution in [0, 0.1) is 6.92 Å². The average molecular weight is 279 g/mol. The highest BCUT2D eigenvalue weighted by atomic mass is 79.9. The average Bonchev–Trinajstić information content (AvgIpc) is 2.10. The number of hydrogen-bond donors (Lipinski definition) is 2. The Balaban J connectivity index is 2.99. The van der Waals surface area contributed by atoms with E-state index in [-0.39, 0.29) is 0 Å². The first kappa shape index (κ1) is 11.5. The van der Waals surface area contributed by atoms with Gasteiger partial charge in [-0.15, -0.1) is 0 Å². The van der Waals surface area contributed by atoms with E-state index in [0.717, 1.165) is 10.0 Å². The van der Waals surface area contributed by atoms with Gasteiger partial charge in [0.1, 0.15) is 0 Å². The lowest BCUT2D eigenvalue weighted by atomic mass is 10.2. The SMILES string of the molecule is CNS(=O)(=O)Nc1ccc(C)cc1Br. The highest BCUT2D eigenvalue weighted by Gasteiger charge is 2.08. The molecule has 4 nitrogen and oxygen atoms in total. The van der Waals surface area contributed by atoms with Gasteiger partial charge >= 0.3 is 0 Å². The van der Waals surface area contributed by atoms with Crippen LogP contribution in [-0.2, 0) is 10.2 Å². The van der Waals surface area contributed by atoms with Crippen LogP contribution in [0.4, 0.5) is 5.69 Å². The summed E-state index contributed by atoms with van der Waals surface area (Å²) >= 11 is 3.27. The lowest BCUT2D eigenvalue weighted by Crippen LogP contribution is -2.26. The maximum Gasteiger partial charge on any atom is 0.298 e. The predicted octanol–water partition coefficient (Wildman–Crippen LogP) is 1.63. The van der Waals surface area contributed by atoms with Crippen molar-refractivity contribution in [3.8, 4) is 0 Å². The molecule has 0 atom stereocenters. The van der Waals surface area contributed by atoms with Gasteiger partial charge in [0.2, 0.25) is 0 Å². The first-order valence-electron chi connectivity index (χ1n) is 3.92. The Morgan fingerprint density at radius 3 is 2.50 bits per heavy atom. The summed E-state index contributed by atoms with van der Waals surface area (Å²) in [4.78, 5) is 0. The zero-order valence-electron chi connectivity index (χ0n) is 7.83. The number of rotatable bonds is 3. The molecule has 1 rings (SSSR count). The van der Waals surface area contributed by atoms with Crippen LogP contribution < -0.4 is 9.44 Å². The van der Waals surface area contributed by atoms with Gasteiger partial charge in [-0.3, -0.25) is 4.72 Å². The maximum atomic E-state index is 11.2. The molecule has 2 N–H and O–H groups in total. The summed E-state index contributed by atoms with van der Waals surface area (Å²) in [7, 11) is -2.09. The largest absolute Gasteiger partial charge is 0.298 e. The number of benzene rings is 1. The van der Waals surface area contributed by atoms with Crippen molar-refractivity contribution in [3.63, 3.8) is 0 Å². The van der Waals surface area contributed by atoms with Gasteiger partial charge in [0, 0.05) is 11.5 Å². The molecule has 78 valence electrons. The standard InChI is InChI=1S/C8H11BrN2O2S/c1-6-3-4-8(7(9)5-6)11-14(12,13)10-2/h3-5,10-11H,1-2H3. The number of nitrogens with one attached hydrogen (secondary N) is 2. The zero-order chi connectivity index (χ0) is 10.8. The fourth-order valence-corrected chi connectivity index (χ4v) is 2.19. The monoisotopic (exact) mass is 278 g/mol. The van der Waals surface area contributed by atoms with Crippen molar-refractivity contribution >= 4 is 31.8 Å².